The molecule has 0 aromatic rings. The van der Waals surface area contributed by atoms with E-state index in [0.29, 0.717) is 5.92 Å². The summed E-state index contributed by atoms with van der Waals surface area (Å²) in [4.78, 5) is 11.8. The Balaban J connectivity index is 2.68. The molecule has 1 aliphatic rings. The molecule has 1 N–H and O–H groups in total. The molecule has 2 heteroatoms. The van der Waals surface area contributed by atoms with Crippen LogP contribution >= 0.6 is 0 Å². The van der Waals surface area contributed by atoms with Gasteiger partial charge in [-0.1, -0.05) is 47.0 Å². The molecule has 0 unspecified atom stereocenters. The summed E-state index contributed by atoms with van der Waals surface area (Å²) in [6.07, 6.45) is 6.16. The molecule has 0 heterocycles. The van der Waals surface area contributed by atoms with E-state index in [9.17, 15) is 4.79 Å². The van der Waals surface area contributed by atoms with E-state index in [1.165, 1.54) is 19.3 Å². The Kier molecular flexibility index (Phi) is 4.18. The highest BCUT2D eigenvalue weighted by atomic mass is 16.2. The Morgan fingerprint density at radius 1 is 1.07 bits per heavy atom. The van der Waals surface area contributed by atoms with Gasteiger partial charge in [-0.15, -0.1) is 0 Å². The Hall–Kier alpha value is -0.530. The molecule has 1 aliphatic carbocycles. The van der Waals surface area contributed by atoms with Crippen LogP contribution < -0.4 is 5.32 Å². The van der Waals surface area contributed by atoms with E-state index >= 15 is 0 Å². The summed E-state index contributed by atoms with van der Waals surface area (Å²) in [6, 6.07) is 0. The van der Waals surface area contributed by atoms with Gasteiger partial charge in [0.25, 0.3) is 0 Å². The highest BCUT2D eigenvalue weighted by Gasteiger charge is 2.36. The highest BCUT2D eigenvalue weighted by Crippen LogP contribution is 2.34. The maximum atomic E-state index is 11.8. The van der Waals surface area contributed by atoms with Crippen molar-refractivity contribution in [3.8, 4) is 0 Å². The third-order valence-corrected chi connectivity index (χ3v) is 3.75. The molecule has 0 bridgehead atoms. The monoisotopic (exact) mass is 211 g/mol. The van der Waals surface area contributed by atoms with E-state index < -0.39 is 0 Å². The summed E-state index contributed by atoms with van der Waals surface area (Å²) >= 11 is 0. The van der Waals surface area contributed by atoms with Crippen LogP contribution in [0.1, 0.15) is 59.8 Å². The maximum absolute atomic E-state index is 11.8. The summed E-state index contributed by atoms with van der Waals surface area (Å²) in [5.74, 6) is 0.855. The number of carbonyl (C=O) groups is 1. The van der Waals surface area contributed by atoms with Gasteiger partial charge in [0.05, 0.1) is 0 Å². The van der Waals surface area contributed by atoms with Gasteiger partial charge in [-0.2, -0.15) is 0 Å². The number of hydrogen-bond acceptors (Lipinski definition) is 1. The topological polar surface area (TPSA) is 29.1 Å². The molecule has 0 atom stereocenters. The van der Waals surface area contributed by atoms with E-state index in [0.717, 1.165) is 12.8 Å². The average Bonchev–Trinajstić information content (AvgIpc) is 2.18. The van der Waals surface area contributed by atoms with Gasteiger partial charge in [-0.05, 0) is 18.8 Å². The molecule has 1 amide bonds. The SMILES string of the molecule is CC(C)C(=O)NC1(C(C)C)CCCCC1. The van der Waals surface area contributed by atoms with Crippen molar-refractivity contribution in [1.82, 2.24) is 5.32 Å². The first-order valence-corrected chi connectivity index (χ1v) is 6.30. The second-order valence-corrected chi connectivity index (χ2v) is 5.52. The zero-order chi connectivity index (χ0) is 11.5. The van der Waals surface area contributed by atoms with E-state index in [-0.39, 0.29) is 17.4 Å². The Labute approximate surface area is 93.8 Å². The number of rotatable bonds is 3. The first-order valence-electron chi connectivity index (χ1n) is 6.30. The summed E-state index contributed by atoms with van der Waals surface area (Å²) in [6.45, 7) is 8.39. The fourth-order valence-electron chi connectivity index (χ4n) is 2.42. The lowest BCUT2D eigenvalue weighted by molar-refractivity contribution is -0.127. The molecule has 0 aromatic carbocycles. The van der Waals surface area contributed by atoms with Crippen LogP contribution in [0.2, 0.25) is 0 Å². The fraction of sp³-hybridized carbons (Fsp3) is 0.923. The zero-order valence-corrected chi connectivity index (χ0v) is 10.6. The van der Waals surface area contributed by atoms with Crippen LogP contribution in [0.15, 0.2) is 0 Å². The third kappa shape index (κ3) is 2.96. The first kappa shape index (κ1) is 12.5. The van der Waals surface area contributed by atoms with Crippen molar-refractivity contribution in [1.29, 1.82) is 0 Å². The van der Waals surface area contributed by atoms with Gasteiger partial charge in [0.15, 0.2) is 0 Å². The quantitative estimate of drug-likeness (QED) is 0.763. The normalized spacial score (nSPS) is 20.7. The predicted molar refractivity (Wildman–Crippen MR) is 63.6 cm³/mol. The predicted octanol–water partition coefficient (Wildman–Crippen LogP) is 3.12. The first-order chi connectivity index (χ1) is 6.98. The van der Waals surface area contributed by atoms with E-state index in [1.807, 2.05) is 13.8 Å². The third-order valence-electron chi connectivity index (χ3n) is 3.75. The maximum Gasteiger partial charge on any atom is 0.222 e. The minimum atomic E-state index is 0.0829. The molecule has 0 radical (unpaired) electrons. The molecule has 2 nitrogen and oxygen atoms in total. The second-order valence-electron chi connectivity index (χ2n) is 5.52. The fourth-order valence-corrected chi connectivity index (χ4v) is 2.42. The lowest BCUT2D eigenvalue weighted by Crippen LogP contribution is -2.54. The summed E-state index contributed by atoms with van der Waals surface area (Å²) in [7, 11) is 0. The summed E-state index contributed by atoms with van der Waals surface area (Å²) in [5.41, 5.74) is 0.0829. The van der Waals surface area contributed by atoms with Gasteiger partial charge in [-0.3, -0.25) is 4.79 Å². The van der Waals surface area contributed by atoms with Gasteiger partial charge in [-0.25, -0.2) is 0 Å². The van der Waals surface area contributed by atoms with Crippen LogP contribution in [0, 0.1) is 11.8 Å². The molecule has 0 saturated heterocycles. The molecule has 1 rings (SSSR count). The zero-order valence-electron chi connectivity index (χ0n) is 10.6. The lowest BCUT2D eigenvalue weighted by Gasteiger charge is -2.42. The van der Waals surface area contributed by atoms with Crippen LogP contribution in [0.25, 0.3) is 0 Å². The molecule has 0 aromatic heterocycles. The number of carbonyl (C=O) groups excluding carboxylic acids is 1. The molecular formula is C13H25NO. The number of amides is 1. The molecule has 1 saturated carbocycles. The van der Waals surface area contributed by atoms with Gasteiger partial charge in [0.1, 0.15) is 0 Å². The molecule has 0 aliphatic heterocycles. The van der Waals surface area contributed by atoms with Crippen LogP contribution in [-0.2, 0) is 4.79 Å². The highest BCUT2D eigenvalue weighted by molar-refractivity contribution is 5.78. The number of hydrogen-bond donors (Lipinski definition) is 1. The Bertz CT molecular complexity index is 215. The Morgan fingerprint density at radius 2 is 1.60 bits per heavy atom. The van der Waals surface area contributed by atoms with E-state index in [1.54, 1.807) is 0 Å². The molecule has 88 valence electrons. The average molecular weight is 211 g/mol. The molecule has 15 heavy (non-hydrogen) atoms. The van der Waals surface area contributed by atoms with E-state index in [4.69, 9.17) is 0 Å². The van der Waals surface area contributed by atoms with Gasteiger partial charge in [0.2, 0.25) is 5.91 Å². The summed E-state index contributed by atoms with van der Waals surface area (Å²) in [5, 5.41) is 3.29. The van der Waals surface area contributed by atoms with Crippen molar-refractivity contribution in [2.45, 2.75) is 65.3 Å². The van der Waals surface area contributed by atoms with Crippen LogP contribution in [0.3, 0.4) is 0 Å². The minimum Gasteiger partial charge on any atom is -0.350 e. The van der Waals surface area contributed by atoms with Gasteiger partial charge < -0.3 is 5.32 Å². The van der Waals surface area contributed by atoms with E-state index in [2.05, 4.69) is 19.2 Å². The van der Waals surface area contributed by atoms with Crippen molar-refractivity contribution in [3.63, 3.8) is 0 Å². The minimum absolute atomic E-state index is 0.0829. The molecule has 1 fully saturated rings. The van der Waals surface area contributed by atoms with Crippen molar-refractivity contribution in [2.75, 3.05) is 0 Å². The van der Waals surface area contributed by atoms with Crippen LogP contribution in [-0.4, -0.2) is 11.4 Å². The summed E-state index contributed by atoms with van der Waals surface area (Å²) < 4.78 is 0. The Morgan fingerprint density at radius 3 is 2.00 bits per heavy atom. The standard InChI is InChI=1S/C13H25NO/c1-10(2)12(15)14-13(11(3)4)8-6-5-7-9-13/h10-11H,5-9H2,1-4H3,(H,14,15). The lowest BCUT2D eigenvalue weighted by atomic mass is 9.74. The molecule has 0 spiro atoms. The van der Waals surface area contributed by atoms with Crippen molar-refractivity contribution >= 4 is 5.91 Å². The van der Waals surface area contributed by atoms with Crippen LogP contribution in [0.5, 0.6) is 0 Å². The van der Waals surface area contributed by atoms with Crippen LogP contribution in [0.4, 0.5) is 0 Å². The number of nitrogens with one attached hydrogen (secondary N) is 1. The second kappa shape index (κ2) is 5.00. The van der Waals surface area contributed by atoms with Crippen molar-refractivity contribution in [3.05, 3.63) is 0 Å². The molecular weight excluding hydrogens is 186 g/mol. The van der Waals surface area contributed by atoms with Gasteiger partial charge >= 0.3 is 0 Å². The van der Waals surface area contributed by atoms with Crippen molar-refractivity contribution < 1.29 is 4.79 Å². The smallest absolute Gasteiger partial charge is 0.222 e. The van der Waals surface area contributed by atoms with Crippen molar-refractivity contribution in [2.24, 2.45) is 11.8 Å². The van der Waals surface area contributed by atoms with Gasteiger partial charge in [0, 0.05) is 11.5 Å². The largest absolute Gasteiger partial charge is 0.350 e.